The molecule has 0 bridgehead atoms. The fourth-order valence-electron chi connectivity index (χ4n) is 2.23. The third kappa shape index (κ3) is 2.73. The Morgan fingerprint density at radius 3 is 2.81 bits per heavy atom. The fraction of sp³-hybridized carbons (Fsp3) is 0.500. The van der Waals surface area contributed by atoms with E-state index in [1.807, 2.05) is 6.07 Å². The molecule has 0 aromatic heterocycles. The summed E-state index contributed by atoms with van der Waals surface area (Å²) in [7, 11) is 0. The van der Waals surface area contributed by atoms with Gasteiger partial charge in [0.2, 0.25) is 0 Å². The highest BCUT2D eigenvalue weighted by Crippen LogP contribution is 2.28. The van der Waals surface area contributed by atoms with Gasteiger partial charge in [-0.1, -0.05) is 12.1 Å². The average Bonchev–Trinajstić information content (AvgIpc) is 2.33. The topological polar surface area (TPSA) is 24.1 Å². The Hall–Kier alpha value is -0.640. The lowest BCUT2D eigenvalue weighted by Gasteiger charge is -2.23. The summed E-state index contributed by atoms with van der Waals surface area (Å²) >= 11 is 5.46. The first-order chi connectivity index (χ1) is 7.81. The maximum atomic E-state index is 13.7. The van der Waals surface area contributed by atoms with E-state index in [4.69, 9.17) is 11.8 Å². The molecular formula is C12H16ClFN2. The third-order valence-electron chi connectivity index (χ3n) is 3.11. The van der Waals surface area contributed by atoms with Crippen molar-refractivity contribution < 1.29 is 4.39 Å². The van der Waals surface area contributed by atoms with Crippen LogP contribution in [0.1, 0.15) is 29.9 Å². The zero-order valence-electron chi connectivity index (χ0n) is 9.10. The highest BCUT2D eigenvalue weighted by Gasteiger charge is 2.18. The molecule has 88 valence electrons. The van der Waals surface area contributed by atoms with E-state index in [1.54, 1.807) is 12.1 Å². The molecule has 1 saturated heterocycles. The zero-order chi connectivity index (χ0) is 11.4. The van der Waals surface area contributed by atoms with Crippen LogP contribution in [0, 0.1) is 5.82 Å². The molecule has 1 fully saturated rings. The minimum absolute atomic E-state index is 0.0924. The maximum absolute atomic E-state index is 13.7. The van der Waals surface area contributed by atoms with Crippen LogP contribution in [0.15, 0.2) is 18.2 Å². The lowest BCUT2D eigenvalue weighted by Crippen LogP contribution is -2.27. The summed E-state index contributed by atoms with van der Waals surface area (Å²) in [5, 5.41) is 3.29. The zero-order valence-corrected chi connectivity index (χ0v) is 9.86. The van der Waals surface area contributed by atoms with E-state index in [0.717, 1.165) is 37.1 Å². The Kier molecular flexibility index (Phi) is 4.16. The number of benzene rings is 1. The first kappa shape index (κ1) is 11.8. The van der Waals surface area contributed by atoms with Gasteiger partial charge in [0.05, 0.1) is 0 Å². The van der Waals surface area contributed by atoms with Gasteiger partial charge in [0, 0.05) is 6.54 Å². The van der Waals surface area contributed by atoms with Gasteiger partial charge in [0.25, 0.3) is 0 Å². The molecule has 2 rings (SSSR count). The van der Waals surface area contributed by atoms with Gasteiger partial charge in [-0.25, -0.2) is 9.23 Å². The number of piperidine rings is 1. The van der Waals surface area contributed by atoms with Crippen LogP contribution >= 0.6 is 11.8 Å². The van der Waals surface area contributed by atoms with Gasteiger partial charge < -0.3 is 5.32 Å². The normalized spacial score (nSPS) is 17.6. The number of hydrogen-bond acceptors (Lipinski definition) is 2. The Morgan fingerprint density at radius 1 is 1.38 bits per heavy atom. The molecule has 0 saturated carbocycles. The molecule has 2 nitrogen and oxygen atoms in total. The van der Waals surface area contributed by atoms with Crippen LogP contribution in [0.4, 0.5) is 4.39 Å². The fourth-order valence-corrected chi connectivity index (χ4v) is 2.38. The second-order valence-corrected chi connectivity index (χ2v) is 4.46. The third-order valence-corrected chi connectivity index (χ3v) is 3.24. The molecule has 0 spiro atoms. The average molecular weight is 243 g/mol. The number of hydrogen-bond donors (Lipinski definition) is 2. The van der Waals surface area contributed by atoms with Crippen LogP contribution in [0.25, 0.3) is 0 Å². The van der Waals surface area contributed by atoms with Crippen molar-refractivity contribution in [2.45, 2.75) is 25.3 Å². The summed E-state index contributed by atoms with van der Waals surface area (Å²) in [6, 6.07) is 5.25. The standard InChI is InChI=1S/C12H16ClFN2/c13-16-8-9-1-2-12(14)11(7-9)10-3-5-15-6-4-10/h1-2,7,10,15-16H,3-6,8H2. The van der Waals surface area contributed by atoms with Gasteiger partial charge in [-0.15, -0.1) is 0 Å². The minimum atomic E-state index is -0.0924. The first-order valence-corrected chi connectivity index (χ1v) is 6.01. The molecule has 0 atom stereocenters. The lowest BCUT2D eigenvalue weighted by atomic mass is 9.89. The summed E-state index contributed by atoms with van der Waals surface area (Å²) in [5.74, 6) is 0.252. The quantitative estimate of drug-likeness (QED) is 0.796. The molecular weight excluding hydrogens is 227 g/mol. The molecule has 1 heterocycles. The van der Waals surface area contributed by atoms with Crippen LogP contribution in [0.3, 0.4) is 0 Å². The van der Waals surface area contributed by atoms with Gasteiger partial charge in [0.15, 0.2) is 0 Å². The Morgan fingerprint density at radius 2 is 2.12 bits per heavy atom. The maximum Gasteiger partial charge on any atom is 0.126 e. The smallest absolute Gasteiger partial charge is 0.126 e. The first-order valence-electron chi connectivity index (χ1n) is 5.64. The second-order valence-electron chi connectivity index (χ2n) is 4.19. The number of halogens is 2. The van der Waals surface area contributed by atoms with E-state index in [0.29, 0.717) is 12.5 Å². The SMILES string of the molecule is Fc1ccc(CNCl)cc1C1CCNCC1. The molecule has 0 radical (unpaired) electrons. The predicted molar refractivity (Wildman–Crippen MR) is 63.9 cm³/mol. The number of nitrogens with one attached hydrogen (secondary N) is 2. The Balaban J connectivity index is 2.19. The summed E-state index contributed by atoms with van der Waals surface area (Å²) in [4.78, 5) is 2.57. The number of rotatable bonds is 3. The highest BCUT2D eigenvalue weighted by molar-refractivity contribution is 6.13. The molecule has 1 aliphatic heterocycles. The van der Waals surface area contributed by atoms with Gasteiger partial charge in [0.1, 0.15) is 5.82 Å². The van der Waals surface area contributed by atoms with Crippen molar-refractivity contribution in [3.63, 3.8) is 0 Å². The van der Waals surface area contributed by atoms with Crippen molar-refractivity contribution in [2.75, 3.05) is 13.1 Å². The largest absolute Gasteiger partial charge is 0.317 e. The van der Waals surface area contributed by atoms with Crippen LogP contribution in [-0.4, -0.2) is 13.1 Å². The predicted octanol–water partition coefficient (Wildman–Crippen LogP) is 2.54. The van der Waals surface area contributed by atoms with Crippen molar-refractivity contribution in [2.24, 2.45) is 0 Å². The Labute approximate surface area is 100 Å². The molecule has 0 aliphatic carbocycles. The van der Waals surface area contributed by atoms with Gasteiger partial charge in [-0.3, -0.25) is 0 Å². The van der Waals surface area contributed by atoms with Crippen LogP contribution in [0.2, 0.25) is 0 Å². The van der Waals surface area contributed by atoms with Crippen molar-refractivity contribution in [1.29, 1.82) is 0 Å². The van der Waals surface area contributed by atoms with Gasteiger partial charge in [-0.05, 0) is 60.8 Å². The highest BCUT2D eigenvalue weighted by atomic mass is 35.5. The van der Waals surface area contributed by atoms with Crippen LogP contribution < -0.4 is 10.2 Å². The monoisotopic (exact) mass is 242 g/mol. The van der Waals surface area contributed by atoms with E-state index in [9.17, 15) is 4.39 Å². The molecule has 0 amide bonds. The molecule has 16 heavy (non-hydrogen) atoms. The molecule has 1 aromatic rings. The lowest BCUT2D eigenvalue weighted by molar-refractivity contribution is 0.444. The molecule has 0 unspecified atom stereocenters. The van der Waals surface area contributed by atoms with Crippen LogP contribution in [-0.2, 0) is 6.54 Å². The van der Waals surface area contributed by atoms with Crippen molar-refractivity contribution in [3.05, 3.63) is 35.1 Å². The second kappa shape index (κ2) is 5.62. The summed E-state index contributed by atoms with van der Waals surface area (Å²) < 4.78 is 13.7. The van der Waals surface area contributed by atoms with Gasteiger partial charge >= 0.3 is 0 Å². The molecule has 1 aromatic carbocycles. The van der Waals surface area contributed by atoms with Crippen molar-refractivity contribution >= 4 is 11.8 Å². The van der Waals surface area contributed by atoms with Gasteiger partial charge in [-0.2, -0.15) is 0 Å². The van der Waals surface area contributed by atoms with Crippen molar-refractivity contribution in [1.82, 2.24) is 10.2 Å². The summed E-state index contributed by atoms with van der Waals surface area (Å²) in [6.45, 7) is 2.52. The van der Waals surface area contributed by atoms with E-state index in [1.165, 1.54) is 0 Å². The van der Waals surface area contributed by atoms with E-state index < -0.39 is 0 Å². The van der Waals surface area contributed by atoms with E-state index in [2.05, 4.69) is 10.2 Å². The molecule has 4 heteroatoms. The van der Waals surface area contributed by atoms with Crippen LogP contribution in [0.5, 0.6) is 0 Å². The van der Waals surface area contributed by atoms with Crippen molar-refractivity contribution in [3.8, 4) is 0 Å². The summed E-state index contributed by atoms with van der Waals surface area (Å²) in [6.07, 6.45) is 2.02. The van der Waals surface area contributed by atoms with E-state index >= 15 is 0 Å². The minimum Gasteiger partial charge on any atom is -0.317 e. The van der Waals surface area contributed by atoms with E-state index in [-0.39, 0.29) is 5.82 Å². The molecule has 2 N–H and O–H groups in total. The molecule has 1 aliphatic rings. The Bertz CT molecular complexity index is 351. The summed E-state index contributed by atoms with van der Waals surface area (Å²) in [5.41, 5.74) is 1.87.